The van der Waals surface area contributed by atoms with Crippen LogP contribution in [-0.2, 0) is 14.9 Å². The van der Waals surface area contributed by atoms with Gasteiger partial charge in [-0.1, -0.05) is 25.5 Å². The summed E-state index contributed by atoms with van der Waals surface area (Å²) in [7, 11) is 1.65. The summed E-state index contributed by atoms with van der Waals surface area (Å²) in [4.78, 5) is 12.5. The van der Waals surface area contributed by atoms with Gasteiger partial charge in [0.15, 0.2) is 0 Å². The Morgan fingerprint density at radius 2 is 1.95 bits per heavy atom. The molecule has 1 aromatic carbocycles. The first-order chi connectivity index (χ1) is 9.41. The van der Waals surface area contributed by atoms with Crippen LogP contribution in [0.25, 0.3) is 0 Å². The lowest BCUT2D eigenvalue weighted by Gasteiger charge is -2.27. The molecule has 1 aromatic rings. The first kappa shape index (κ1) is 16.5. The minimum absolute atomic E-state index is 0.0118. The van der Waals surface area contributed by atoms with Gasteiger partial charge >= 0.3 is 0 Å². The number of amides is 1. The second-order valence-electron chi connectivity index (χ2n) is 5.66. The van der Waals surface area contributed by atoms with Crippen LogP contribution in [0.1, 0.15) is 39.2 Å². The lowest BCUT2D eigenvalue weighted by Crippen LogP contribution is -2.46. The van der Waals surface area contributed by atoms with Gasteiger partial charge in [0.25, 0.3) is 0 Å². The lowest BCUT2D eigenvalue weighted by atomic mass is 9.83. The second kappa shape index (κ2) is 7.29. The number of hydrogen-bond donors (Lipinski definition) is 2. The van der Waals surface area contributed by atoms with Crippen molar-refractivity contribution in [2.75, 3.05) is 19.5 Å². The van der Waals surface area contributed by atoms with Crippen LogP contribution in [0.4, 0.5) is 5.69 Å². The van der Waals surface area contributed by atoms with Crippen LogP contribution in [0.15, 0.2) is 24.3 Å². The summed E-state index contributed by atoms with van der Waals surface area (Å²) >= 11 is 0. The number of anilines is 1. The van der Waals surface area contributed by atoms with Crippen LogP contribution in [0.5, 0.6) is 0 Å². The molecule has 4 heteroatoms. The van der Waals surface area contributed by atoms with Crippen molar-refractivity contribution in [3.8, 4) is 0 Å². The van der Waals surface area contributed by atoms with E-state index in [2.05, 4.69) is 12.2 Å². The summed E-state index contributed by atoms with van der Waals surface area (Å²) in [5, 5.41) is 3.08. The van der Waals surface area contributed by atoms with Crippen LogP contribution in [0, 0.1) is 0 Å². The highest BCUT2D eigenvalue weighted by Gasteiger charge is 2.31. The normalized spacial score (nSPS) is 13.0. The summed E-state index contributed by atoms with van der Waals surface area (Å²) in [6.07, 6.45) is 1.92. The molecule has 0 heterocycles. The van der Waals surface area contributed by atoms with Gasteiger partial charge in [-0.2, -0.15) is 0 Å². The molecule has 3 N–H and O–H groups in total. The molecule has 1 amide bonds. The summed E-state index contributed by atoms with van der Waals surface area (Å²) < 4.78 is 5.16. The topological polar surface area (TPSA) is 64.3 Å². The average molecular weight is 278 g/mol. The first-order valence-electron chi connectivity index (χ1n) is 7.07. The van der Waals surface area contributed by atoms with E-state index in [4.69, 9.17) is 10.5 Å². The molecule has 0 aliphatic carbocycles. The lowest BCUT2D eigenvalue weighted by molar-refractivity contribution is -0.126. The quantitative estimate of drug-likeness (QED) is 0.753. The molecular formula is C16H26N2O2. The van der Waals surface area contributed by atoms with E-state index in [1.165, 1.54) is 0 Å². The summed E-state index contributed by atoms with van der Waals surface area (Å²) in [5.41, 5.74) is 6.76. The van der Waals surface area contributed by atoms with E-state index in [1.807, 2.05) is 38.1 Å². The van der Waals surface area contributed by atoms with Gasteiger partial charge in [0.2, 0.25) is 5.91 Å². The fourth-order valence-corrected chi connectivity index (χ4v) is 2.14. The van der Waals surface area contributed by atoms with Gasteiger partial charge < -0.3 is 15.8 Å². The number of carbonyl (C=O) groups excluding carboxylic acids is 1. The standard InChI is InChI=1S/C16H26N2O2/c1-5-6-14(11-20-4)18-15(19)16(2,3)12-7-9-13(17)10-8-12/h7-10,14H,5-6,11,17H2,1-4H3,(H,18,19). The first-order valence-corrected chi connectivity index (χ1v) is 7.07. The Kier molecular flexibility index (Phi) is 6.02. The van der Waals surface area contributed by atoms with E-state index in [9.17, 15) is 4.79 Å². The largest absolute Gasteiger partial charge is 0.399 e. The van der Waals surface area contributed by atoms with Gasteiger partial charge in [-0.25, -0.2) is 0 Å². The number of benzene rings is 1. The average Bonchev–Trinajstić information content (AvgIpc) is 2.39. The van der Waals surface area contributed by atoms with E-state index < -0.39 is 5.41 Å². The minimum atomic E-state index is -0.590. The monoisotopic (exact) mass is 278 g/mol. The third kappa shape index (κ3) is 4.23. The Balaban J connectivity index is 2.80. The molecule has 1 unspecified atom stereocenters. The Labute approximate surface area is 121 Å². The molecular weight excluding hydrogens is 252 g/mol. The van der Waals surface area contributed by atoms with Gasteiger partial charge in [0, 0.05) is 12.8 Å². The molecule has 20 heavy (non-hydrogen) atoms. The summed E-state index contributed by atoms with van der Waals surface area (Å²) in [6.45, 7) is 6.48. The zero-order valence-corrected chi connectivity index (χ0v) is 12.9. The number of nitrogens with one attached hydrogen (secondary N) is 1. The van der Waals surface area contributed by atoms with Crippen LogP contribution >= 0.6 is 0 Å². The molecule has 4 nitrogen and oxygen atoms in total. The summed E-state index contributed by atoms with van der Waals surface area (Å²) in [6, 6.07) is 7.51. The van der Waals surface area contributed by atoms with E-state index in [-0.39, 0.29) is 11.9 Å². The number of ether oxygens (including phenoxy) is 1. The predicted octanol–water partition coefficient (Wildman–Crippen LogP) is 2.48. The molecule has 0 radical (unpaired) electrons. The molecule has 0 saturated heterocycles. The Hall–Kier alpha value is -1.55. The zero-order valence-electron chi connectivity index (χ0n) is 12.9. The highest BCUT2D eigenvalue weighted by atomic mass is 16.5. The zero-order chi connectivity index (χ0) is 15.2. The third-order valence-corrected chi connectivity index (χ3v) is 3.54. The Morgan fingerprint density at radius 1 is 1.35 bits per heavy atom. The number of rotatable bonds is 7. The maximum absolute atomic E-state index is 12.5. The number of carbonyl (C=O) groups is 1. The highest BCUT2D eigenvalue weighted by Crippen LogP contribution is 2.24. The third-order valence-electron chi connectivity index (χ3n) is 3.54. The molecule has 1 rings (SSSR count). The van der Waals surface area contributed by atoms with Gasteiger partial charge in [-0.05, 0) is 38.0 Å². The van der Waals surface area contributed by atoms with Crippen LogP contribution in [0.2, 0.25) is 0 Å². The molecule has 0 saturated carbocycles. The van der Waals surface area contributed by atoms with E-state index in [0.717, 1.165) is 18.4 Å². The fraction of sp³-hybridized carbons (Fsp3) is 0.562. The molecule has 0 aliphatic rings. The van der Waals surface area contributed by atoms with Crippen molar-refractivity contribution < 1.29 is 9.53 Å². The fourth-order valence-electron chi connectivity index (χ4n) is 2.14. The van der Waals surface area contributed by atoms with Crippen LogP contribution < -0.4 is 11.1 Å². The van der Waals surface area contributed by atoms with Crippen LogP contribution in [-0.4, -0.2) is 25.7 Å². The molecule has 0 bridgehead atoms. The Morgan fingerprint density at radius 3 is 2.45 bits per heavy atom. The van der Waals surface area contributed by atoms with Crippen molar-refractivity contribution >= 4 is 11.6 Å². The van der Waals surface area contributed by atoms with Crippen molar-refractivity contribution in [1.29, 1.82) is 0 Å². The maximum Gasteiger partial charge on any atom is 0.230 e. The van der Waals surface area contributed by atoms with Crippen molar-refractivity contribution in [3.05, 3.63) is 29.8 Å². The molecule has 112 valence electrons. The number of nitrogen functional groups attached to an aromatic ring is 1. The van der Waals surface area contributed by atoms with Gasteiger partial charge in [-0.15, -0.1) is 0 Å². The second-order valence-corrected chi connectivity index (χ2v) is 5.66. The molecule has 0 fully saturated rings. The van der Waals surface area contributed by atoms with E-state index >= 15 is 0 Å². The number of hydrogen-bond acceptors (Lipinski definition) is 3. The van der Waals surface area contributed by atoms with Gasteiger partial charge in [-0.3, -0.25) is 4.79 Å². The Bertz CT molecular complexity index is 421. The predicted molar refractivity (Wildman–Crippen MR) is 82.6 cm³/mol. The molecule has 0 aliphatic heterocycles. The van der Waals surface area contributed by atoms with Crippen LogP contribution in [0.3, 0.4) is 0 Å². The van der Waals surface area contributed by atoms with Crippen molar-refractivity contribution in [2.24, 2.45) is 0 Å². The van der Waals surface area contributed by atoms with E-state index in [0.29, 0.717) is 12.3 Å². The summed E-state index contributed by atoms with van der Waals surface area (Å²) in [5.74, 6) is 0.0118. The van der Waals surface area contributed by atoms with Crippen molar-refractivity contribution in [3.63, 3.8) is 0 Å². The smallest absolute Gasteiger partial charge is 0.230 e. The molecule has 1 atom stereocenters. The highest BCUT2D eigenvalue weighted by molar-refractivity contribution is 5.87. The van der Waals surface area contributed by atoms with Crippen molar-refractivity contribution in [1.82, 2.24) is 5.32 Å². The number of nitrogens with two attached hydrogens (primary N) is 1. The number of methoxy groups -OCH3 is 1. The van der Waals surface area contributed by atoms with E-state index in [1.54, 1.807) is 7.11 Å². The minimum Gasteiger partial charge on any atom is -0.399 e. The molecule has 0 aromatic heterocycles. The van der Waals surface area contributed by atoms with Gasteiger partial charge in [0.05, 0.1) is 18.1 Å². The van der Waals surface area contributed by atoms with Gasteiger partial charge in [0.1, 0.15) is 0 Å². The SMILES string of the molecule is CCCC(COC)NC(=O)C(C)(C)c1ccc(N)cc1. The molecule has 0 spiro atoms. The van der Waals surface area contributed by atoms with Crippen molar-refractivity contribution in [2.45, 2.75) is 45.1 Å². The maximum atomic E-state index is 12.5.